The molecule has 2 aromatic rings. The Labute approximate surface area is 126 Å². The second-order valence-corrected chi connectivity index (χ2v) is 5.40. The fraction of sp³-hybridized carbons (Fsp3) is 0.500. The van der Waals surface area contributed by atoms with E-state index in [0.717, 1.165) is 0 Å². The molecule has 1 fully saturated rings. The zero-order chi connectivity index (χ0) is 14.4. The van der Waals surface area contributed by atoms with Crippen molar-refractivity contribution in [3.63, 3.8) is 0 Å². The van der Waals surface area contributed by atoms with E-state index in [1.165, 1.54) is 10.9 Å². The van der Waals surface area contributed by atoms with Gasteiger partial charge in [0.05, 0.1) is 12.9 Å². The topological polar surface area (TPSA) is 140 Å². The van der Waals surface area contributed by atoms with Crippen LogP contribution in [0.1, 0.15) is 6.23 Å². The van der Waals surface area contributed by atoms with Gasteiger partial charge >= 0.3 is 0 Å². The minimum absolute atomic E-state index is 0.227. The van der Waals surface area contributed by atoms with E-state index in [1.807, 2.05) is 22.6 Å². The van der Waals surface area contributed by atoms with Crippen LogP contribution in [0.15, 0.2) is 6.33 Å². The maximum absolute atomic E-state index is 10.0. The van der Waals surface area contributed by atoms with Crippen molar-refractivity contribution >= 4 is 39.6 Å². The number of aliphatic hydroxyl groups is 3. The Balaban J connectivity index is 2.07. The highest BCUT2D eigenvalue weighted by Crippen LogP contribution is 2.31. The van der Waals surface area contributed by atoms with Crippen molar-refractivity contribution in [2.75, 3.05) is 12.3 Å². The van der Waals surface area contributed by atoms with E-state index in [1.54, 1.807) is 0 Å². The number of hydrogen-bond donors (Lipinski definition) is 4. The lowest BCUT2D eigenvalue weighted by Crippen LogP contribution is -2.33. The summed E-state index contributed by atoms with van der Waals surface area (Å²) in [5, 5.41) is 28.9. The average molecular weight is 393 g/mol. The smallest absolute Gasteiger partial charge is 0.194 e. The van der Waals surface area contributed by atoms with Crippen molar-refractivity contribution in [1.29, 1.82) is 0 Å². The Bertz CT molecular complexity index is 650. The number of halogens is 1. The van der Waals surface area contributed by atoms with E-state index < -0.39 is 31.1 Å². The molecule has 1 aliphatic heterocycles. The van der Waals surface area contributed by atoms with E-state index >= 15 is 0 Å². The standard InChI is InChI=1S/C10H12IN5O4/c11-10-14-7(12)4-8(15-10)16(2-13-4)9-6(19)5(18)3(1-17)20-9/h2-3,5-6,9,17-19H,1H2,(H2,12,14,15)/t3-,5+,6?,9-/m0/s1. The first kappa shape index (κ1) is 13.9. The van der Waals surface area contributed by atoms with Gasteiger partial charge in [0.15, 0.2) is 21.5 Å². The first-order chi connectivity index (χ1) is 9.52. The molecule has 20 heavy (non-hydrogen) atoms. The Hall–Kier alpha value is -1.08. The Kier molecular flexibility index (Phi) is 3.50. The minimum Gasteiger partial charge on any atom is -0.394 e. The molecule has 2 aromatic heterocycles. The van der Waals surface area contributed by atoms with Crippen LogP contribution in [0.2, 0.25) is 0 Å². The highest BCUT2D eigenvalue weighted by molar-refractivity contribution is 14.1. The summed E-state index contributed by atoms with van der Waals surface area (Å²) in [6.45, 7) is -0.393. The van der Waals surface area contributed by atoms with Crippen LogP contribution in [0.3, 0.4) is 0 Å². The molecule has 0 aromatic carbocycles. The molecule has 10 heteroatoms. The number of anilines is 1. The summed E-state index contributed by atoms with van der Waals surface area (Å²) in [6, 6.07) is 0. The summed E-state index contributed by atoms with van der Waals surface area (Å²) in [4.78, 5) is 12.3. The Morgan fingerprint density at radius 2 is 2.10 bits per heavy atom. The van der Waals surface area contributed by atoms with Crippen molar-refractivity contribution in [3.8, 4) is 0 Å². The molecular weight excluding hydrogens is 381 g/mol. The van der Waals surface area contributed by atoms with Crippen LogP contribution in [0.25, 0.3) is 11.2 Å². The number of nitrogen functional groups attached to an aromatic ring is 1. The Morgan fingerprint density at radius 1 is 1.35 bits per heavy atom. The maximum atomic E-state index is 10.0. The number of hydrogen-bond acceptors (Lipinski definition) is 8. The van der Waals surface area contributed by atoms with Crippen molar-refractivity contribution in [2.24, 2.45) is 0 Å². The lowest BCUT2D eigenvalue weighted by Gasteiger charge is -2.16. The summed E-state index contributed by atoms with van der Waals surface area (Å²) in [5.74, 6) is 0.227. The van der Waals surface area contributed by atoms with Crippen molar-refractivity contribution in [3.05, 3.63) is 10.2 Å². The van der Waals surface area contributed by atoms with Gasteiger partial charge in [0, 0.05) is 22.6 Å². The molecule has 1 saturated heterocycles. The molecule has 108 valence electrons. The van der Waals surface area contributed by atoms with Crippen LogP contribution in [-0.2, 0) is 4.74 Å². The van der Waals surface area contributed by atoms with Crippen LogP contribution in [0.4, 0.5) is 5.82 Å². The van der Waals surface area contributed by atoms with Crippen LogP contribution < -0.4 is 5.73 Å². The normalized spacial score (nSPS) is 30.2. The second-order valence-electron chi connectivity index (χ2n) is 4.43. The number of aliphatic hydroxyl groups excluding tert-OH is 3. The van der Waals surface area contributed by atoms with E-state index in [-0.39, 0.29) is 5.82 Å². The van der Waals surface area contributed by atoms with Gasteiger partial charge in [-0.1, -0.05) is 0 Å². The highest BCUT2D eigenvalue weighted by atomic mass is 127. The third kappa shape index (κ3) is 2.03. The van der Waals surface area contributed by atoms with Crippen molar-refractivity contribution < 1.29 is 20.1 Å². The van der Waals surface area contributed by atoms with E-state index in [9.17, 15) is 10.2 Å². The molecule has 0 saturated carbocycles. The predicted octanol–water partition coefficient (Wildman–Crippen LogP) is -1.38. The lowest BCUT2D eigenvalue weighted by atomic mass is 10.1. The zero-order valence-corrected chi connectivity index (χ0v) is 12.2. The van der Waals surface area contributed by atoms with Crippen LogP contribution >= 0.6 is 22.6 Å². The number of imidazole rings is 1. The molecule has 3 heterocycles. The number of fused-ring (bicyclic) bond motifs is 1. The van der Waals surface area contributed by atoms with E-state index in [0.29, 0.717) is 15.0 Å². The SMILES string of the molecule is Nc1nc(I)nc2c1ncn2[C@H]1O[C@@H](CO)[C@@H](O)C1O. The molecule has 0 bridgehead atoms. The van der Waals surface area contributed by atoms with Crippen molar-refractivity contribution in [1.82, 2.24) is 19.5 Å². The molecule has 0 spiro atoms. The zero-order valence-electron chi connectivity index (χ0n) is 10.1. The molecule has 9 nitrogen and oxygen atoms in total. The third-order valence-electron chi connectivity index (χ3n) is 3.21. The fourth-order valence-corrected chi connectivity index (χ4v) is 2.70. The monoisotopic (exact) mass is 393 g/mol. The van der Waals surface area contributed by atoms with Gasteiger partial charge in [-0.25, -0.2) is 15.0 Å². The maximum Gasteiger partial charge on any atom is 0.194 e. The number of ether oxygens (including phenoxy) is 1. The summed E-state index contributed by atoms with van der Waals surface area (Å²) < 4.78 is 7.34. The second kappa shape index (κ2) is 5.04. The average Bonchev–Trinajstić information content (AvgIpc) is 2.93. The quantitative estimate of drug-likeness (QED) is 0.362. The molecule has 0 amide bonds. The van der Waals surface area contributed by atoms with E-state index in [4.69, 9.17) is 15.6 Å². The molecular formula is C10H12IN5O4. The Morgan fingerprint density at radius 3 is 2.75 bits per heavy atom. The highest BCUT2D eigenvalue weighted by Gasteiger charge is 2.44. The lowest BCUT2D eigenvalue weighted by molar-refractivity contribution is -0.0511. The first-order valence-corrected chi connectivity index (χ1v) is 6.88. The molecule has 1 unspecified atom stereocenters. The predicted molar refractivity (Wildman–Crippen MR) is 75.5 cm³/mol. The van der Waals surface area contributed by atoms with Gasteiger partial charge < -0.3 is 25.8 Å². The summed E-state index contributed by atoms with van der Waals surface area (Å²) in [6.07, 6.45) is -2.71. The summed E-state index contributed by atoms with van der Waals surface area (Å²) in [7, 11) is 0. The molecule has 0 radical (unpaired) electrons. The molecule has 5 N–H and O–H groups in total. The van der Waals surface area contributed by atoms with Gasteiger partial charge in [-0.05, 0) is 0 Å². The van der Waals surface area contributed by atoms with Gasteiger partial charge in [0.25, 0.3) is 0 Å². The van der Waals surface area contributed by atoms with Gasteiger partial charge in [-0.15, -0.1) is 0 Å². The molecule has 4 atom stereocenters. The third-order valence-corrected chi connectivity index (χ3v) is 3.69. The van der Waals surface area contributed by atoms with Crippen LogP contribution in [0.5, 0.6) is 0 Å². The minimum atomic E-state index is -1.20. The van der Waals surface area contributed by atoms with Gasteiger partial charge in [-0.2, -0.15) is 0 Å². The summed E-state index contributed by atoms with van der Waals surface area (Å²) >= 11 is 1.92. The number of rotatable bonds is 2. The summed E-state index contributed by atoms with van der Waals surface area (Å²) in [5.41, 5.74) is 6.55. The molecule has 1 aliphatic rings. The van der Waals surface area contributed by atoms with E-state index in [2.05, 4.69) is 15.0 Å². The fourth-order valence-electron chi connectivity index (χ4n) is 2.21. The van der Waals surface area contributed by atoms with Crippen molar-refractivity contribution in [2.45, 2.75) is 24.5 Å². The first-order valence-electron chi connectivity index (χ1n) is 5.81. The molecule has 3 rings (SSSR count). The van der Waals surface area contributed by atoms with Gasteiger partial charge in [0.1, 0.15) is 23.8 Å². The number of aromatic nitrogens is 4. The van der Waals surface area contributed by atoms with Crippen LogP contribution in [-0.4, -0.2) is 59.8 Å². The number of nitrogens with two attached hydrogens (primary N) is 1. The van der Waals surface area contributed by atoms with Gasteiger partial charge in [0.2, 0.25) is 0 Å². The molecule has 0 aliphatic carbocycles. The van der Waals surface area contributed by atoms with Crippen LogP contribution in [0, 0.1) is 3.83 Å². The largest absolute Gasteiger partial charge is 0.394 e. The van der Waals surface area contributed by atoms with Gasteiger partial charge in [-0.3, -0.25) is 4.57 Å². The number of nitrogens with zero attached hydrogens (tertiary/aromatic N) is 4.